The van der Waals surface area contributed by atoms with Crippen molar-refractivity contribution in [2.75, 3.05) is 11.9 Å². The summed E-state index contributed by atoms with van der Waals surface area (Å²) in [4.78, 5) is 21.5. The van der Waals surface area contributed by atoms with Crippen molar-refractivity contribution in [1.29, 1.82) is 5.26 Å². The SMILES string of the molecule is CCOC(=O)/C(C#N)=C\Nc1ccc([N+](=O)[O-])cc1I. The second kappa shape index (κ2) is 7.44. The highest BCUT2D eigenvalue weighted by atomic mass is 127. The van der Waals surface area contributed by atoms with E-state index in [0.29, 0.717) is 9.26 Å². The van der Waals surface area contributed by atoms with Crippen molar-refractivity contribution in [3.05, 3.63) is 43.7 Å². The topological polar surface area (TPSA) is 105 Å². The average Bonchev–Trinajstić information content (AvgIpc) is 2.41. The summed E-state index contributed by atoms with van der Waals surface area (Å²) in [5, 5.41) is 22.2. The summed E-state index contributed by atoms with van der Waals surface area (Å²) >= 11 is 1.92. The smallest absolute Gasteiger partial charge is 0.350 e. The van der Waals surface area contributed by atoms with Crippen LogP contribution in [-0.2, 0) is 9.53 Å². The molecule has 1 rings (SSSR count). The molecule has 0 saturated heterocycles. The van der Waals surface area contributed by atoms with Crippen LogP contribution in [0.2, 0.25) is 0 Å². The van der Waals surface area contributed by atoms with E-state index >= 15 is 0 Å². The van der Waals surface area contributed by atoms with Gasteiger partial charge in [-0.1, -0.05) is 0 Å². The number of nitrogens with zero attached hydrogens (tertiary/aromatic N) is 2. The van der Waals surface area contributed by atoms with Crippen LogP contribution in [0.3, 0.4) is 0 Å². The predicted octanol–water partition coefficient (Wildman–Crippen LogP) is 2.58. The molecule has 0 unspecified atom stereocenters. The van der Waals surface area contributed by atoms with Crippen molar-refractivity contribution >= 4 is 39.9 Å². The third kappa shape index (κ3) is 4.20. The first-order valence-electron chi connectivity index (χ1n) is 5.47. The molecular weight excluding hydrogens is 377 g/mol. The van der Waals surface area contributed by atoms with Crippen LogP contribution < -0.4 is 5.32 Å². The minimum Gasteiger partial charge on any atom is -0.462 e. The van der Waals surface area contributed by atoms with E-state index in [1.165, 1.54) is 24.4 Å². The van der Waals surface area contributed by atoms with Crippen LogP contribution in [0, 0.1) is 25.0 Å². The number of esters is 1. The molecule has 0 aliphatic heterocycles. The molecule has 0 bridgehead atoms. The van der Waals surface area contributed by atoms with Gasteiger partial charge < -0.3 is 10.1 Å². The van der Waals surface area contributed by atoms with Crippen molar-refractivity contribution < 1.29 is 14.5 Å². The van der Waals surface area contributed by atoms with Gasteiger partial charge in [-0.2, -0.15) is 5.26 Å². The molecule has 8 heteroatoms. The second-order valence-corrected chi connectivity index (χ2v) is 4.62. The Bertz CT molecular complexity index is 607. The zero-order chi connectivity index (χ0) is 15.1. The van der Waals surface area contributed by atoms with Gasteiger partial charge in [-0.05, 0) is 35.6 Å². The molecular formula is C12H10IN3O4. The zero-order valence-corrected chi connectivity index (χ0v) is 12.6. The van der Waals surface area contributed by atoms with E-state index < -0.39 is 10.9 Å². The van der Waals surface area contributed by atoms with Gasteiger partial charge in [-0.3, -0.25) is 10.1 Å². The molecule has 0 aliphatic rings. The lowest BCUT2D eigenvalue weighted by Crippen LogP contribution is -2.08. The lowest BCUT2D eigenvalue weighted by atomic mass is 10.2. The largest absolute Gasteiger partial charge is 0.462 e. The Morgan fingerprint density at radius 1 is 1.65 bits per heavy atom. The summed E-state index contributed by atoms with van der Waals surface area (Å²) in [7, 11) is 0. The summed E-state index contributed by atoms with van der Waals surface area (Å²) in [5.41, 5.74) is 0.337. The minimum absolute atomic E-state index is 0.0326. The molecule has 0 radical (unpaired) electrons. The highest BCUT2D eigenvalue weighted by Gasteiger charge is 2.11. The monoisotopic (exact) mass is 387 g/mol. The average molecular weight is 387 g/mol. The lowest BCUT2D eigenvalue weighted by molar-refractivity contribution is -0.384. The van der Waals surface area contributed by atoms with Crippen molar-refractivity contribution in [2.45, 2.75) is 6.92 Å². The molecule has 0 atom stereocenters. The first-order chi connectivity index (χ1) is 9.49. The molecule has 104 valence electrons. The predicted molar refractivity (Wildman–Crippen MR) is 79.8 cm³/mol. The number of carbonyl (C=O) groups is 1. The number of non-ortho nitro benzene ring substituents is 1. The number of hydrogen-bond acceptors (Lipinski definition) is 6. The number of rotatable bonds is 5. The van der Waals surface area contributed by atoms with E-state index in [1.54, 1.807) is 13.0 Å². The van der Waals surface area contributed by atoms with Gasteiger partial charge in [-0.25, -0.2) is 4.79 Å². The molecule has 7 nitrogen and oxygen atoms in total. The molecule has 0 saturated carbocycles. The quantitative estimate of drug-likeness (QED) is 0.208. The summed E-state index contributed by atoms with van der Waals surface area (Å²) in [6.45, 7) is 1.81. The van der Waals surface area contributed by atoms with Gasteiger partial charge in [0.15, 0.2) is 5.57 Å². The Morgan fingerprint density at radius 3 is 2.85 bits per heavy atom. The van der Waals surface area contributed by atoms with Crippen LogP contribution >= 0.6 is 22.6 Å². The lowest BCUT2D eigenvalue weighted by Gasteiger charge is -2.05. The molecule has 0 heterocycles. The Balaban J connectivity index is 2.91. The standard InChI is InChI=1S/C12H10IN3O4/c1-2-20-12(17)8(6-14)7-15-11-4-3-9(16(18)19)5-10(11)13/h3-5,7,15H,2H2,1H3/b8-7-. The number of hydrogen-bond donors (Lipinski definition) is 1. The number of nitro groups is 1. The number of ether oxygens (including phenoxy) is 1. The highest BCUT2D eigenvalue weighted by molar-refractivity contribution is 14.1. The van der Waals surface area contributed by atoms with Crippen LogP contribution in [0.5, 0.6) is 0 Å². The molecule has 20 heavy (non-hydrogen) atoms. The van der Waals surface area contributed by atoms with Gasteiger partial charge >= 0.3 is 5.97 Å². The fourth-order valence-electron chi connectivity index (χ4n) is 1.23. The Labute approximate surface area is 128 Å². The van der Waals surface area contributed by atoms with Crippen LogP contribution in [0.15, 0.2) is 30.0 Å². The van der Waals surface area contributed by atoms with Gasteiger partial charge in [-0.15, -0.1) is 0 Å². The van der Waals surface area contributed by atoms with Gasteiger partial charge in [0.1, 0.15) is 6.07 Å². The van der Waals surface area contributed by atoms with Gasteiger partial charge in [0, 0.05) is 21.9 Å². The first kappa shape index (κ1) is 15.9. The van der Waals surface area contributed by atoms with E-state index in [-0.39, 0.29) is 17.9 Å². The van der Waals surface area contributed by atoms with Crippen molar-refractivity contribution in [3.63, 3.8) is 0 Å². The maximum absolute atomic E-state index is 11.4. The molecule has 0 amide bonds. The van der Waals surface area contributed by atoms with E-state index in [4.69, 9.17) is 10.00 Å². The molecule has 0 spiro atoms. The number of benzene rings is 1. The van der Waals surface area contributed by atoms with Gasteiger partial charge in [0.25, 0.3) is 5.69 Å². The summed E-state index contributed by atoms with van der Waals surface area (Å²) < 4.78 is 5.30. The number of anilines is 1. The van der Waals surface area contributed by atoms with E-state index in [9.17, 15) is 14.9 Å². The molecule has 0 aromatic heterocycles. The minimum atomic E-state index is -0.723. The zero-order valence-electron chi connectivity index (χ0n) is 10.4. The first-order valence-corrected chi connectivity index (χ1v) is 6.55. The molecule has 0 aliphatic carbocycles. The van der Waals surface area contributed by atoms with Crippen LogP contribution in [0.25, 0.3) is 0 Å². The maximum Gasteiger partial charge on any atom is 0.350 e. The van der Waals surface area contributed by atoms with Crippen molar-refractivity contribution in [2.24, 2.45) is 0 Å². The highest BCUT2D eigenvalue weighted by Crippen LogP contribution is 2.23. The molecule has 1 N–H and O–H groups in total. The molecule has 1 aromatic carbocycles. The Kier molecular flexibility index (Phi) is 5.92. The summed E-state index contributed by atoms with van der Waals surface area (Å²) in [6, 6.07) is 5.93. The maximum atomic E-state index is 11.4. The van der Waals surface area contributed by atoms with Crippen LogP contribution in [0.4, 0.5) is 11.4 Å². The fourth-order valence-corrected chi connectivity index (χ4v) is 1.88. The third-order valence-electron chi connectivity index (χ3n) is 2.15. The van der Waals surface area contributed by atoms with Gasteiger partial charge in [0.05, 0.1) is 17.2 Å². The number of nitrogens with one attached hydrogen (secondary N) is 1. The van der Waals surface area contributed by atoms with Crippen molar-refractivity contribution in [3.8, 4) is 6.07 Å². The molecule has 0 fully saturated rings. The summed E-state index contributed by atoms with van der Waals surface area (Å²) in [6.07, 6.45) is 1.21. The van der Waals surface area contributed by atoms with Crippen LogP contribution in [-0.4, -0.2) is 17.5 Å². The second-order valence-electron chi connectivity index (χ2n) is 3.46. The molecule has 1 aromatic rings. The van der Waals surface area contributed by atoms with Gasteiger partial charge in [0.2, 0.25) is 0 Å². The normalized spacial score (nSPS) is 10.6. The number of nitro benzene ring substituents is 1. The van der Waals surface area contributed by atoms with Crippen molar-refractivity contribution in [1.82, 2.24) is 0 Å². The number of nitriles is 1. The van der Waals surface area contributed by atoms with Crippen LogP contribution in [0.1, 0.15) is 6.92 Å². The number of halogens is 1. The Hall–Kier alpha value is -2.15. The fraction of sp³-hybridized carbons (Fsp3) is 0.167. The van der Waals surface area contributed by atoms with E-state index in [1.807, 2.05) is 22.6 Å². The number of carbonyl (C=O) groups excluding carboxylic acids is 1. The Morgan fingerprint density at radius 2 is 2.35 bits per heavy atom. The third-order valence-corrected chi connectivity index (χ3v) is 3.04. The van der Waals surface area contributed by atoms with E-state index in [0.717, 1.165) is 0 Å². The summed E-state index contributed by atoms with van der Waals surface area (Å²) in [5.74, 6) is -0.723. The van der Waals surface area contributed by atoms with E-state index in [2.05, 4.69) is 5.32 Å².